The number of rotatable bonds is 8. The highest BCUT2D eigenvalue weighted by Gasteiger charge is 2.22. The number of aromatic nitrogens is 1. The van der Waals surface area contributed by atoms with E-state index in [0.29, 0.717) is 41.8 Å². The summed E-state index contributed by atoms with van der Waals surface area (Å²) >= 11 is 0. The maximum absolute atomic E-state index is 13.5. The van der Waals surface area contributed by atoms with Gasteiger partial charge in [-0.3, -0.25) is 9.69 Å². The Hall–Kier alpha value is -3.54. The standard InChI is InChI=1S/C23H24N2O4/c1-4-29-19-10-6-5-9-18(19)23(26)25(22-11-7-8-14-24-22)16-17-12-13-20(27-2)21(15-17)28-3/h5-15H,4,16H2,1-3H3. The molecule has 0 bridgehead atoms. The molecule has 0 radical (unpaired) electrons. The third-order valence-electron chi connectivity index (χ3n) is 4.38. The van der Waals surface area contributed by atoms with Gasteiger partial charge in [0.25, 0.3) is 5.91 Å². The molecule has 0 aliphatic carbocycles. The fourth-order valence-corrected chi connectivity index (χ4v) is 3.00. The van der Waals surface area contributed by atoms with Crippen molar-refractivity contribution in [2.75, 3.05) is 25.7 Å². The SMILES string of the molecule is CCOc1ccccc1C(=O)N(Cc1ccc(OC)c(OC)c1)c1ccccn1. The first-order valence-corrected chi connectivity index (χ1v) is 9.33. The summed E-state index contributed by atoms with van der Waals surface area (Å²) in [4.78, 5) is 19.5. The third-order valence-corrected chi connectivity index (χ3v) is 4.38. The van der Waals surface area contributed by atoms with Crippen LogP contribution in [0, 0.1) is 0 Å². The fraction of sp³-hybridized carbons (Fsp3) is 0.217. The molecule has 0 N–H and O–H groups in total. The molecular weight excluding hydrogens is 368 g/mol. The van der Waals surface area contributed by atoms with Crippen LogP contribution in [0.3, 0.4) is 0 Å². The Labute approximate surface area is 170 Å². The van der Waals surface area contributed by atoms with E-state index in [-0.39, 0.29) is 5.91 Å². The number of nitrogens with zero attached hydrogens (tertiary/aromatic N) is 2. The third kappa shape index (κ3) is 4.66. The minimum absolute atomic E-state index is 0.192. The topological polar surface area (TPSA) is 60.9 Å². The quantitative estimate of drug-likeness (QED) is 0.571. The highest BCUT2D eigenvalue weighted by atomic mass is 16.5. The van der Waals surface area contributed by atoms with Crippen molar-refractivity contribution in [3.63, 3.8) is 0 Å². The van der Waals surface area contributed by atoms with Gasteiger partial charge in [-0.05, 0) is 48.9 Å². The lowest BCUT2D eigenvalue weighted by Gasteiger charge is -2.23. The van der Waals surface area contributed by atoms with Crippen molar-refractivity contribution in [3.8, 4) is 17.2 Å². The molecule has 0 unspecified atom stereocenters. The van der Waals surface area contributed by atoms with Crippen LogP contribution in [0.15, 0.2) is 66.9 Å². The summed E-state index contributed by atoms with van der Waals surface area (Å²) in [5.41, 5.74) is 1.37. The largest absolute Gasteiger partial charge is 0.493 e. The fourth-order valence-electron chi connectivity index (χ4n) is 3.00. The van der Waals surface area contributed by atoms with Gasteiger partial charge in [-0.15, -0.1) is 0 Å². The van der Waals surface area contributed by atoms with Crippen molar-refractivity contribution in [1.29, 1.82) is 0 Å². The Kier molecular flexibility index (Phi) is 6.68. The number of carbonyl (C=O) groups is 1. The first-order chi connectivity index (χ1) is 14.2. The molecule has 1 amide bonds. The molecule has 0 spiro atoms. The molecule has 0 fully saturated rings. The Bertz CT molecular complexity index is 960. The van der Waals surface area contributed by atoms with E-state index in [1.807, 2.05) is 55.5 Å². The second-order valence-corrected chi connectivity index (χ2v) is 6.20. The highest BCUT2D eigenvalue weighted by molar-refractivity contribution is 6.07. The van der Waals surface area contributed by atoms with Gasteiger partial charge in [-0.1, -0.05) is 24.3 Å². The van der Waals surface area contributed by atoms with Gasteiger partial charge in [-0.25, -0.2) is 4.98 Å². The molecule has 6 nitrogen and oxygen atoms in total. The Balaban J connectivity index is 2.00. The van der Waals surface area contributed by atoms with E-state index in [1.54, 1.807) is 37.4 Å². The number of pyridine rings is 1. The second-order valence-electron chi connectivity index (χ2n) is 6.20. The van der Waals surface area contributed by atoms with Crippen LogP contribution in [0.1, 0.15) is 22.8 Å². The number of anilines is 1. The summed E-state index contributed by atoms with van der Waals surface area (Å²) in [6, 6.07) is 18.3. The lowest BCUT2D eigenvalue weighted by atomic mass is 10.1. The van der Waals surface area contributed by atoms with Crippen molar-refractivity contribution in [3.05, 3.63) is 78.0 Å². The van der Waals surface area contributed by atoms with Crippen LogP contribution in [0.4, 0.5) is 5.82 Å². The van der Waals surface area contributed by atoms with Crippen molar-refractivity contribution < 1.29 is 19.0 Å². The zero-order chi connectivity index (χ0) is 20.6. The zero-order valence-electron chi connectivity index (χ0n) is 16.8. The number of hydrogen-bond donors (Lipinski definition) is 0. The minimum atomic E-state index is -0.192. The maximum atomic E-state index is 13.5. The molecule has 1 heterocycles. The number of methoxy groups -OCH3 is 2. The number of benzene rings is 2. The number of ether oxygens (including phenoxy) is 3. The normalized spacial score (nSPS) is 10.3. The van der Waals surface area contributed by atoms with E-state index < -0.39 is 0 Å². The molecule has 0 aliphatic heterocycles. The minimum Gasteiger partial charge on any atom is -0.493 e. The molecule has 3 rings (SSSR count). The van der Waals surface area contributed by atoms with Crippen LogP contribution < -0.4 is 19.1 Å². The average molecular weight is 392 g/mol. The number of amides is 1. The van der Waals surface area contributed by atoms with Gasteiger partial charge < -0.3 is 14.2 Å². The first kappa shape index (κ1) is 20.2. The van der Waals surface area contributed by atoms with E-state index in [4.69, 9.17) is 14.2 Å². The second kappa shape index (κ2) is 9.59. The number of para-hydroxylation sites is 1. The summed E-state index contributed by atoms with van der Waals surface area (Å²) in [6.45, 7) is 2.68. The lowest BCUT2D eigenvalue weighted by molar-refractivity contribution is 0.0980. The molecule has 6 heteroatoms. The molecule has 2 aromatic carbocycles. The van der Waals surface area contributed by atoms with E-state index in [9.17, 15) is 4.79 Å². The van der Waals surface area contributed by atoms with E-state index in [2.05, 4.69) is 4.98 Å². The Morgan fingerprint density at radius 2 is 1.69 bits per heavy atom. The van der Waals surface area contributed by atoms with Gasteiger partial charge in [0, 0.05) is 6.20 Å². The molecule has 1 aromatic heterocycles. The van der Waals surface area contributed by atoms with Gasteiger partial charge in [0.15, 0.2) is 11.5 Å². The summed E-state index contributed by atoms with van der Waals surface area (Å²) < 4.78 is 16.4. The van der Waals surface area contributed by atoms with Gasteiger partial charge in [0.1, 0.15) is 11.6 Å². The molecule has 0 aliphatic rings. The van der Waals surface area contributed by atoms with Crippen LogP contribution in [0.2, 0.25) is 0 Å². The molecular formula is C23H24N2O4. The highest BCUT2D eigenvalue weighted by Crippen LogP contribution is 2.29. The summed E-state index contributed by atoms with van der Waals surface area (Å²) in [6.07, 6.45) is 1.67. The first-order valence-electron chi connectivity index (χ1n) is 9.33. The predicted molar refractivity (Wildman–Crippen MR) is 112 cm³/mol. The van der Waals surface area contributed by atoms with Crippen LogP contribution in [0.25, 0.3) is 0 Å². The molecule has 3 aromatic rings. The van der Waals surface area contributed by atoms with Crippen molar-refractivity contribution in [1.82, 2.24) is 4.98 Å². The Morgan fingerprint density at radius 3 is 2.38 bits per heavy atom. The van der Waals surface area contributed by atoms with Crippen LogP contribution in [0.5, 0.6) is 17.2 Å². The average Bonchev–Trinajstić information content (AvgIpc) is 2.78. The van der Waals surface area contributed by atoms with Crippen LogP contribution >= 0.6 is 0 Å². The zero-order valence-corrected chi connectivity index (χ0v) is 16.8. The smallest absolute Gasteiger partial charge is 0.263 e. The monoisotopic (exact) mass is 392 g/mol. The number of carbonyl (C=O) groups excluding carboxylic acids is 1. The van der Waals surface area contributed by atoms with E-state index in [1.165, 1.54) is 0 Å². The molecule has 0 atom stereocenters. The summed E-state index contributed by atoms with van der Waals surface area (Å²) in [5.74, 6) is 2.15. The molecule has 0 saturated carbocycles. The molecule has 150 valence electrons. The molecule has 29 heavy (non-hydrogen) atoms. The lowest BCUT2D eigenvalue weighted by Crippen LogP contribution is -2.31. The van der Waals surface area contributed by atoms with Crippen LogP contribution in [-0.2, 0) is 6.54 Å². The maximum Gasteiger partial charge on any atom is 0.263 e. The van der Waals surface area contributed by atoms with Crippen LogP contribution in [-0.4, -0.2) is 31.7 Å². The van der Waals surface area contributed by atoms with Crippen molar-refractivity contribution in [2.24, 2.45) is 0 Å². The van der Waals surface area contributed by atoms with E-state index in [0.717, 1.165) is 5.56 Å². The molecule has 0 saturated heterocycles. The van der Waals surface area contributed by atoms with Gasteiger partial charge in [-0.2, -0.15) is 0 Å². The summed E-state index contributed by atoms with van der Waals surface area (Å²) in [7, 11) is 3.17. The Morgan fingerprint density at radius 1 is 0.931 bits per heavy atom. The van der Waals surface area contributed by atoms with Crippen molar-refractivity contribution >= 4 is 11.7 Å². The van der Waals surface area contributed by atoms with Crippen molar-refractivity contribution in [2.45, 2.75) is 13.5 Å². The number of hydrogen-bond acceptors (Lipinski definition) is 5. The van der Waals surface area contributed by atoms with Gasteiger partial charge in [0.2, 0.25) is 0 Å². The van der Waals surface area contributed by atoms with Gasteiger partial charge in [0.05, 0.1) is 32.9 Å². The van der Waals surface area contributed by atoms with Gasteiger partial charge >= 0.3 is 0 Å². The van der Waals surface area contributed by atoms with E-state index >= 15 is 0 Å². The predicted octanol–water partition coefficient (Wildman–Crippen LogP) is 4.34. The summed E-state index contributed by atoms with van der Waals surface area (Å²) in [5, 5.41) is 0.